The largest absolute Gasteiger partial charge is 0.481 e. The molecule has 0 spiro atoms. The van der Waals surface area contributed by atoms with Crippen LogP contribution in [0.15, 0.2) is 18.2 Å². The number of hydrogen-bond acceptors (Lipinski definition) is 7. The molecule has 8 nitrogen and oxygen atoms in total. The van der Waals surface area contributed by atoms with Gasteiger partial charge in [-0.15, -0.1) is 0 Å². The van der Waals surface area contributed by atoms with Crippen molar-refractivity contribution in [3.8, 4) is 5.75 Å². The smallest absolute Gasteiger partial charge is 0.337 e. The van der Waals surface area contributed by atoms with Gasteiger partial charge in [-0.05, 0) is 19.9 Å². The lowest BCUT2D eigenvalue weighted by molar-refractivity contribution is -0.386. The Balaban J connectivity index is 2.93. The van der Waals surface area contributed by atoms with Crippen molar-refractivity contribution in [3.63, 3.8) is 0 Å². The minimum Gasteiger partial charge on any atom is -0.481 e. The number of nitro groups is 1. The average Bonchev–Trinajstić information content (AvgIpc) is 2.51. The van der Waals surface area contributed by atoms with Crippen LogP contribution in [-0.4, -0.2) is 44.1 Å². The van der Waals surface area contributed by atoms with Crippen molar-refractivity contribution < 1.29 is 28.7 Å². The van der Waals surface area contributed by atoms with Crippen LogP contribution >= 0.6 is 0 Å². The molecule has 22 heavy (non-hydrogen) atoms. The summed E-state index contributed by atoms with van der Waals surface area (Å²) in [5, 5.41) is 11.0. The molecule has 0 aliphatic carbocycles. The van der Waals surface area contributed by atoms with Gasteiger partial charge in [-0.3, -0.25) is 10.1 Å². The molecular formula is C14H19NO7. The van der Waals surface area contributed by atoms with E-state index in [2.05, 4.69) is 4.74 Å². The molecule has 0 N–H and O–H groups in total. The summed E-state index contributed by atoms with van der Waals surface area (Å²) in [7, 11) is 1.23. The number of nitrogens with zero attached hydrogens (tertiary/aromatic N) is 1. The molecule has 0 saturated heterocycles. The molecule has 1 rings (SSSR count). The second-order valence-electron chi connectivity index (χ2n) is 4.08. The molecule has 0 amide bonds. The standard InChI is InChI=1S/C14H19NO7/c1-4-20-13(21-5-2)9-22-12-8-10(14(16)19-3)6-7-11(12)15(17)18/h6-8,13H,4-5,9H2,1-3H3. The van der Waals surface area contributed by atoms with Gasteiger partial charge in [0.15, 0.2) is 12.0 Å². The van der Waals surface area contributed by atoms with Crippen LogP contribution in [0.1, 0.15) is 24.2 Å². The first kappa shape index (κ1) is 17.9. The van der Waals surface area contributed by atoms with Crippen LogP contribution in [0.4, 0.5) is 5.69 Å². The molecule has 0 heterocycles. The van der Waals surface area contributed by atoms with E-state index in [1.807, 2.05) is 0 Å². The molecule has 0 aromatic heterocycles. The predicted molar refractivity (Wildman–Crippen MR) is 77.0 cm³/mol. The monoisotopic (exact) mass is 313 g/mol. The summed E-state index contributed by atoms with van der Waals surface area (Å²) < 4.78 is 20.6. The third-order valence-electron chi connectivity index (χ3n) is 2.66. The van der Waals surface area contributed by atoms with E-state index in [1.54, 1.807) is 13.8 Å². The average molecular weight is 313 g/mol. The lowest BCUT2D eigenvalue weighted by Crippen LogP contribution is -2.25. The second kappa shape index (κ2) is 8.96. The zero-order valence-corrected chi connectivity index (χ0v) is 12.7. The van der Waals surface area contributed by atoms with E-state index in [1.165, 1.54) is 25.3 Å². The fourth-order valence-corrected chi connectivity index (χ4v) is 1.70. The van der Waals surface area contributed by atoms with Gasteiger partial charge in [0.1, 0.15) is 6.61 Å². The molecule has 0 aliphatic heterocycles. The van der Waals surface area contributed by atoms with Crippen LogP contribution in [0.25, 0.3) is 0 Å². The normalized spacial score (nSPS) is 10.5. The fourth-order valence-electron chi connectivity index (χ4n) is 1.70. The Hall–Kier alpha value is -2.19. The zero-order chi connectivity index (χ0) is 16.5. The molecule has 122 valence electrons. The van der Waals surface area contributed by atoms with Crippen molar-refractivity contribution in [1.29, 1.82) is 0 Å². The Kier molecular flexibility index (Phi) is 7.27. The Morgan fingerprint density at radius 3 is 2.41 bits per heavy atom. The zero-order valence-electron chi connectivity index (χ0n) is 12.7. The summed E-state index contributed by atoms with van der Waals surface area (Å²) in [6, 6.07) is 3.76. The molecule has 1 aromatic carbocycles. The summed E-state index contributed by atoms with van der Waals surface area (Å²) in [6.07, 6.45) is -0.642. The number of methoxy groups -OCH3 is 1. The first-order valence-electron chi connectivity index (χ1n) is 6.76. The van der Waals surface area contributed by atoms with Crippen molar-refractivity contribution >= 4 is 11.7 Å². The molecule has 0 aliphatic rings. The highest BCUT2D eigenvalue weighted by Gasteiger charge is 2.20. The molecule has 1 aromatic rings. The van der Waals surface area contributed by atoms with Crippen LogP contribution in [0.5, 0.6) is 5.75 Å². The van der Waals surface area contributed by atoms with Gasteiger partial charge >= 0.3 is 11.7 Å². The van der Waals surface area contributed by atoms with Gasteiger partial charge in [-0.25, -0.2) is 4.79 Å². The van der Waals surface area contributed by atoms with E-state index in [-0.39, 0.29) is 23.6 Å². The van der Waals surface area contributed by atoms with Crippen LogP contribution < -0.4 is 4.74 Å². The van der Waals surface area contributed by atoms with E-state index >= 15 is 0 Å². The Morgan fingerprint density at radius 1 is 1.27 bits per heavy atom. The van der Waals surface area contributed by atoms with Crippen LogP contribution in [0.3, 0.4) is 0 Å². The van der Waals surface area contributed by atoms with Crippen molar-refractivity contribution in [2.45, 2.75) is 20.1 Å². The van der Waals surface area contributed by atoms with Crippen molar-refractivity contribution in [2.75, 3.05) is 26.9 Å². The maximum absolute atomic E-state index is 11.5. The van der Waals surface area contributed by atoms with Crippen LogP contribution in [-0.2, 0) is 14.2 Å². The topological polar surface area (TPSA) is 97.1 Å². The van der Waals surface area contributed by atoms with Crippen LogP contribution in [0, 0.1) is 10.1 Å². The third-order valence-corrected chi connectivity index (χ3v) is 2.66. The van der Waals surface area contributed by atoms with Gasteiger partial charge in [-0.1, -0.05) is 0 Å². The molecule has 0 saturated carbocycles. The molecule has 0 radical (unpaired) electrons. The highest BCUT2D eigenvalue weighted by molar-refractivity contribution is 5.90. The van der Waals surface area contributed by atoms with Gasteiger partial charge in [0.2, 0.25) is 0 Å². The van der Waals surface area contributed by atoms with E-state index in [0.29, 0.717) is 13.2 Å². The van der Waals surface area contributed by atoms with Crippen LogP contribution in [0.2, 0.25) is 0 Å². The summed E-state index contributed by atoms with van der Waals surface area (Å²) in [4.78, 5) is 21.9. The first-order chi connectivity index (χ1) is 10.5. The lowest BCUT2D eigenvalue weighted by Gasteiger charge is -2.17. The summed E-state index contributed by atoms with van der Waals surface area (Å²) in [5.41, 5.74) is -0.0909. The summed E-state index contributed by atoms with van der Waals surface area (Å²) >= 11 is 0. The molecule has 0 unspecified atom stereocenters. The maximum Gasteiger partial charge on any atom is 0.337 e. The first-order valence-corrected chi connectivity index (χ1v) is 6.76. The molecule has 0 bridgehead atoms. The van der Waals surface area contributed by atoms with Crippen molar-refractivity contribution in [1.82, 2.24) is 0 Å². The van der Waals surface area contributed by atoms with Gasteiger partial charge in [0, 0.05) is 25.3 Å². The predicted octanol–water partition coefficient (Wildman–Crippen LogP) is 2.16. The van der Waals surface area contributed by atoms with Crippen molar-refractivity contribution in [2.24, 2.45) is 0 Å². The van der Waals surface area contributed by atoms with E-state index in [0.717, 1.165) is 0 Å². The highest BCUT2D eigenvalue weighted by atomic mass is 16.7. The summed E-state index contributed by atoms with van der Waals surface area (Å²) in [5.74, 6) is -0.650. The minimum absolute atomic E-state index is 0.0346. The number of carbonyl (C=O) groups is 1. The number of carbonyl (C=O) groups excluding carboxylic acids is 1. The second-order valence-corrected chi connectivity index (χ2v) is 4.08. The quantitative estimate of drug-likeness (QED) is 0.298. The van der Waals surface area contributed by atoms with Gasteiger partial charge in [0.25, 0.3) is 0 Å². The lowest BCUT2D eigenvalue weighted by atomic mass is 10.2. The van der Waals surface area contributed by atoms with E-state index < -0.39 is 17.2 Å². The Morgan fingerprint density at radius 2 is 1.91 bits per heavy atom. The number of ether oxygens (including phenoxy) is 4. The SMILES string of the molecule is CCOC(COc1cc(C(=O)OC)ccc1[N+](=O)[O-])OCC. The minimum atomic E-state index is -0.642. The molecule has 0 atom stereocenters. The molecule has 8 heteroatoms. The number of nitro benzene ring substituents is 1. The number of esters is 1. The number of hydrogen-bond donors (Lipinski definition) is 0. The summed E-state index contributed by atoms with van der Waals surface area (Å²) in [6.45, 7) is 4.39. The van der Waals surface area contributed by atoms with Gasteiger partial charge in [0.05, 0.1) is 17.6 Å². The third kappa shape index (κ3) is 4.97. The maximum atomic E-state index is 11.5. The van der Waals surface area contributed by atoms with Gasteiger partial charge in [-0.2, -0.15) is 0 Å². The number of benzene rings is 1. The van der Waals surface area contributed by atoms with Gasteiger partial charge < -0.3 is 18.9 Å². The van der Waals surface area contributed by atoms with E-state index in [9.17, 15) is 14.9 Å². The molecular weight excluding hydrogens is 294 g/mol. The van der Waals surface area contributed by atoms with E-state index in [4.69, 9.17) is 14.2 Å². The Bertz CT molecular complexity index is 512. The number of rotatable bonds is 9. The fraction of sp³-hybridized carbons (Fsp3) is 0.500. The molecule has 0 fully saturated rings. The van der Waals surface area contributed by atoms with Crippen molar-refractivity contribution in [3.05, 3.63) is 33.9 Å². The Labute approximate surface area is 128 Å². The highest BCUT2D eigenvalue weighted by Crippen LogP contribution is 2.28.